The predicted octanol–water partition coefficient (Wildman–Crippen LogP) is 2.31. The Hall–Kier alpha value is -3.95. The summed E-state index contributed by atoms with van der Waals surface area (Å²) in [6, 6.07) is 10.1. The highest BCUT2D eigenvalue weighted by atomic mass is 16.2. The van der Waals surface area contributed by atoms with Crippen LogP contribution in [0.4, 0.5) is 11.8 Å². The highest BCUT2D eigenvalue weighted by Gasteiger charge is 2.35. The van der Waals surface area contributed by atoms with Crippen LogP contribution in [0.2, 0.25) is 0 Å². The van der Waals surface area contributed by atoms with Gasteiger partial charge in [0.2, 0.25) is 11.9 Å². The van der Waals surface area contributed by atoms with Gasteiger partial charge in [-0.25, -0.2) is 9.67 Å². The Morgan fingerprint density at radius 1 is 1.11 bits per heavy atom. The highest BCUT2D eigenvalue weighted by Crippen LogP contribution is 2.31. The minimum atomic E-state index is -0.0650. The van der Waals surface area contributed by atoms with Gasteiger partial charge in [0.1, 0.15) is 11.5 Å². The molecule has 2 amide bonds. The Balaban J connectivity index is 1.42. The maximum absolute atomic E-state index is 13.1. The van der Waals surface area contributed by atoms with Gasteiger partial charge < -0.3 is 20.0 Å². The van der Waals surface area contributed by atoms with Crippen molar-refractivity contribution >= 4 is 23.6 Å². The van der Waals surface area contributed by atoms with Crippen LogP contribution < -0.4 is 10.2 Å². The van der Waals surface area contributed by atoms with Crippen molar-refractivity contribution in [3.63, 3.8) is 0 Å². The molecule has 0 radical (unpaired) electrons. The van der Waals surface area contributed by atoms with E-state index >= 15 is 0 Å². The molecule has 1 N–H and O–H groups in total. The summed E-state index contributed by atoms with van der Waals surface area (Å²) in [5, 5.41) is 7.78. The molecule has 1 saturated heterocycles. The van der Waals surface area contributed by atoms with E-state index in [9.17, 15) is 9.59 Å². The first-order valence-electron chi connectivity index (χ1n) is 12.0. The second-order valence-electron chi connectivity index (χ2n) is 9.19. The van der Waals surface area contributed by atoms with Gasteiger partial charge in [0.15, 0.2) is 0 Å². The lowest BCUT2D eigenvalue weighted by molar-refractivity contribution is -0.129. The molecule has 0 bridgehead atoms. The molecule has 0 spiro atoms. The maximum Gasteiger partial charge on any atom is 0.273 e. The van der Waals surface area contributed by atoms with E-state index in [4.69, 9.17) is 9.97 Å². The number of rotatable bonds is 6. The zero-order chi connectivity index (χ0) is 24.5. The van der Waals surface area contributed by atoms with Crippen molar-refractivity contribution in [3.05, 3.63) is 59.5 Å². The van der Waals surface area contributed by atoms with Crippen LogP contribution in [0.3, 0.4) is 0 Å². The first-order valence-corrected chi connectivity index (χ1v) is 12.0. The number of carbonyl (C=O) groups is 2. The number of nitrogens with zero attached hydrogens (tertiary/aromatic N) is 7. The van der Waals surface area contributed by atoms with Crippen LogP contribution in [0.25, 0.3) is 5.69 Å². The standard InChI is InChI=1S/C25H30N8O2/c1-17(2)32-16-21-22(24(32)35)28-25(31-12-10-30(11-13-31)18(3)34)29-23(21)26-15-19-6-4-7-20(14-19)33-9-5-8-27-33/h4-9,14,17H,10-13,15-16H2,1-3H3,(H,26,28,29). The van der Waals surface area contributed by atoms with Crippen molar-refractivity contribution in [1.82, 2.24) is 29.5 Å². The van der Waals surface area contributed by atoms with E-state index in [2.05, 4.69) is 27.4 Å². The Morgan fingerprint density at radius 2 is 1.91 bits per heavy atom. The van der Waals surface area contributed by atoms with Crippen LogP contribution in [-0.4, -0.2) is 73.6 Å². The lowest BCUT2D eigenvalue weighted by Gasteiger charge is -2.34. The lowest BCUT2D eigenvalue weighted by atomic mass is 10.2. The van der Waals surface area contributed by atoms with Gasteiger partial charge in [-0.3, -0.25) is 9.59 Å². The molecule has 35 heavy (non-hydrogen) atoms. The van der Waals surface area contributed by atoms with Crippen LogP contribution >= 0.6 is 0 Å². The first kappa shape index (κ1) is 22.8. The molecule has 0 aliphatic carbocycles. The van der Waals surface area contributed by atoms with Crippen molar-refractivity contribution in [3.8, 4) is 5.69 Å². The van der Waals surface area contributed by atoms with E-state index < -0.39 is 0 Å². The van der Waals surface area contributed by atoms with Gasteiger partial charge >= 0.3 is 0 Å². The number of aromatic nitrogens is 4. The van der Waals surface area contributed by atoms with Crippen molar-refractivity contribution in [2.75, 3.05) is 36.4 Å². The first-order chi connectivity index (χ1) is 16.9. The minimum absolute atomic E-state index is 0.0650. The summed E-state index contributed by atoms with van der Waals surface area (Å²) in [6.07, 6.45) is 3.67. The molecule has 2 aliphatic rings. The van der Waals surface area contributed by atoms with Crippen LogP contribution in [0.15, 0.2) is 42.7 Å². The van der Waals surface area contributed by atoms with Crippen LogP contribution in [0, 0.1) is 0 Å². The number of fused-ring (bicyclic) bond motifs is 1. The topological polar surface area (TPSA) is 99.5 Å². The summed E-state index contributed by atoms with van der Waals surface area (Å²) < 4.78 is 1.82. The Labute approximate surface area is 204 Å². The number of nitrogens with one attached hydrogen (secondary N) is 1. The quantitative estimate of drug-likeness (QED) is 0.585. The van der Waals surface area contributed by atoms with E-state index in [-0.39, 0.29) is 17.9 Å². The van der Waals surface area contributed by atoms with Crippen LogP contribution in [0.5, 0.6) is 0 Å². The largest absolute Gasteiger partial charge is 0.366 e. The molecule has 5 rings (SSSR count). The van der Waals surface area contributed by atoms with Crippen molar-refractivity contribution < 1.29 is 9.59 Å². The Bertz CT molecular complexity index is 1230. The molecular formula is C25H30N8O2. The molecule has 0 unspecified atom stereocenters. The van der Waals surface area contributed by atoms with Crippen molar-refractivity contribution in [2.45, 2.75) is 39.9 Å². The van der Waals surface area contributed by atoms with Gasteiger partial charge in [-0.2, -0.15) is 10.1 Å². The molecule has 0 atom stereocenters. The fraction of sp³-hybridized carbons (Fsp3) is 0.400. The summed E-state index contributed by atoms with van der Waals surface area (Å²) in [7, 11) is 0. The number of piperazine rings is 1. The molecule has 1 aromatic carbocycles. The van der Waals surface area contributed by atoms with Gasteiger partial charge in [-0.05, 0) is 37.6 Å². The third-order valence-corrected chi connectivity index (χ3v) is 6.56. The molecule has 182 valence electrons. The minimum Gasteiger partial charge on any atom is -0.366 e. The van der Waals surface area contributed by atoms with E-state index in [0.29, 0.717) is 56.7 Å². The van der Waals surface area contributed by atoms with Crippen molar-refractivity contribution in [2.24, 2.45) is 0 Å². The third-order valence-electron chi connectivity index (χ3n) is 6.56. The summed E-state index contributed by atoms with van der Waals surface area (Å²) in [5.41, 5.74) is 3.35. The van der Waals surface area contributed by atoms with Gasteiger partial charge in [0, 0.05) is 63.6 Å². The number of carbonyl (C=O) groups excluding carboxylic acids is 2. The number of anilines is 2. The second-order valence-corrected chi connectivity index (χ2v) is 9.19. The van der Waals surface area contributed by atoms with E-state index in [1.165, 1.54) is 0 Å². The van der Waals surface area contributed by atoms with Crippen LogP contribution in [-0.2, 0) is 17.9 Å². The molecule has 2 aromatic heterocycles. The van der Waals surface area contributed by atoms with E-state index in [1.807, 2.05) is 52.7 Å². The maximum atomic E-state index is 13.1. The second kappa shape index (κ2) is 9.36. The summed E-state index contributed by atoms with van der Waals surface area (Å²) in [4.78, 5) is 40.1. The Morgan fingerprint density at radius 3 is 2.60 bits per heavy atom. The molecule has 2 aliphatic heterocycles. The molecule has 0 saturated carbocycles. The Kier molecular flexibility index (Phi) is 6.10. The lowest BCUT2D eigenvalue weighted by Crippen LogP contribution is -2.48. The molecule has 10 heteroatoms. The smallest absolute Gasteiger partial charge is 0.273 e. The van der Waals surface area contributed by atoms with Gasteiger partial charge in [0.05, 0.1) is 12.2 Å². The predicted molar refractivity (Wildman–Crippen MR) is 132 cm³/mol. The normalized spacial score (nSPS) is 15.7. The molecular weight excluding hydrogens is 444 g/mol. The number of hydrogen-bond acceptors (Lipinski definition) is 7. The van der Waals surface area contributed by atoms with E-state index in [1.54, 1.807) is 13.1 Å². The highest BCUT2D eigenvalue weighted by molar-refractivity contribution is 5.98. The fourth-order valence-electron chi connectivity index (χ4n) is 4.52. The number of benzene rings is 1. The number of hydrogen-bond donors (Lipinski definition) is 1. The molecule has 1 fully saturated rings. The third kappa shape index (κ3) is 4.55. The summed E-state index contributed by atoms with van der Waals surface area (Å²) >= 11 is 0. The van der Waals surface area contributed by atoms with Gasteiger partial charge in [0.25, 0.3) is 5.91 Å². The number of amides is 2. The average Bonchev–Trinajstić information content (AvgIpc) is 3.52. The van der Waals surface area contributed by atoms with Gasteiger partial charge in [-0.15, -0.1) is 0 Å². The molecule has 10 nitrogen and oxygen atoms in total. The molecule has 4 heterocycles. The zero-order valence-corrected chi connectivity index (χ0v) is 20.3. The molecule has 3 aromatic rings. The zero-order valence-electron chi connectivity index (χ0n) is 20.3. The van der Waals surface area contributed by atoms with Crippen molar-refractivity contribution in [1.29, 1.82) is 0 Å². The van der Waals surface area contributed by atoms with Crippen LogP contribution in [0.1, 0.15) is 42.4 Å². The average molecular weight is 475 g/mol. The fourth-order valence-corrected chi connectivity index (χ4v) is 4.52. The summed E-state index contributed by atoms with van der Waals surface area (Å²) in [6.45, 7) is 9.13. The SMILES string of the molecule is CC(=O)N1CCN(c2nc(NCc3cccc(-n4cccn4)c3)c3c(n2)C(=O)N(C(C)C)C3)CC1. The summed E-state index contributed by atoms with van der Waals surface area (Å²) in [5.74, 6) is 1.21. The van der Waals surface area contributed by atoms with Gasteiger partial charge in [-0.1, -0.05) is 12.1 Å². The van der Waals surface area contributed by atoms with E-state index in [0.717, 1.165) is 16.8 Å². The monoisotopic (exact) mass is 474 g/mol.